The van der Waals surface area contributed by atoms with E-state index >= 15 is 0 Å². The molecule has 3 heteroatoms. The molecular weight excluding hydrogens is 156 g/mol. The number of hydrogen-bond acceptors (Lipinski definition) is 3. The Bertz CT molecular complexity index is 392. The Labute approximate surface area is 68.9 Å². The quantitative estimate of drug-likeness (QED) is 0.597. The van der Waals surface area contributed by atoms with Gasteiger partial charge < -0.3 is 0 Å². The second kappa shape index (κ2) is 2.27. The van der Waals surface area contributed by atoms with Gasteiger partial charge in [-0.25, -0.2) is 0 Å². The van der Waals surface area contributed by atoms with Gasteiger partial charge in [-0.1, -0.05) is 0 Å². The highest BCUT2D eigenvalue weighted by Crippen LogP contribution is 2.25. The molecular formula is C8H8N2S. The highest BCUT2D eigenvalue weighted by Gasteiger charge is 2.02. The fourth-order valence-electron chi connectivity index (χ4n) is 1.11. The molecule has 0 bridgehead atoms. The molecule has 0 unspecified atom stereocenters. The predicted octanol–water partition coefficient (Wildman–Crippen LogP) is 2.31. The Balaban J connectivity index is 2.94. The lowest BCUT2D eigenvalue weighted by Gasteiger charge is -1.91. The van der Waals surface area contributed by atoms with Gasteiger partial charge in [-0.15, -0.1) is 11.3 Å². The first-order valence-corrected chi connectivity index (χ1v) is 4.33. The molecule has 0 radical (unpaired) electrons. The van der Waals surface area contributed by atoms with Crippen molar-refractivity contribution in [2.45, 2.75) is 13.8 Å². The molecule has 0 aliphatic rings. The molecule has 0 aromatic carbocycles. The molecule has 0 spiro atoms. The van der Waals surface area contributed by atoms with Crippen LogP contribution in [0.3, 0.4) is 0 Å². The third-order valence-corrected chi connectivity index (χ3v) is 2.97. The van der Waals surface area contributed by atoms with Crippen molar-refractivity contribution < 1.29 is 0 Å². The number of aryl methyl sites for hydroxylation is 2. The van der Waals surface area contributed by atoms with Crippen molar-refractivity contribution in [3.05, 3.63) is 22.8 Å². The van der Waals surface area contributed by atoms with Crippen molar-refractivity contribution in [1.82, 2.24) is 10.2 Å². The summed E-state index contributed by atoms with van der Waals surface area (Å²) in [7, 11) is 0. The first-order chi connectivity index (χ1) is 5.29. The van der Waals surface area contributed by atoms with E-state index in [1.165, 1.54) is 15.6 Å². The van der Waals surface area contributed by atoms with Crippen molar-refractivity contribution >= 4 is 21.4 Å². The van der Waals surface area contributed by atoms with E-state index in [-0.39, 0.29) is 0 Å². The summed E-state index contributed by atoms with van der Waals surface area (Å²) in [4.78, 5) is 0. The molecule has 0 amide bonds. The summed E-state index contributed by atoms with van der Waals surface area (Å²) in [5, 5.41) is 11.3. The predicted molar refractivity (Wildman–Crippen MR) is 46.9 cm³/mol. The zero-order valence-corrected chi connectivity index (χ0v) is 7.27. The maximum atomic E-state index is 3.98. The van der Waals surface area contributed by atoms with E-state index in [2.05, 4.69) is 22.5 Å². The Morgan fingerprint density at radius 3 is 2.91 bits per heavy atom. The van der Waals surface area contributed by atoms with Gasteiger partial charge in [-0.2, -0.15) is 10.2 Å². The van der Waals surface area contributed by atoms with E-state index < -0.39 is 0 Å². The SMILES string of the molecule is Cc1csc2c(C)nncc12. The zero-order valence-electron chi connectivity index (χ0n) is 6.46. The van der Waals surface area contributed by atoms with E-state index in [4.69, 9.17) is 0 Å². The highest BCUT2D eigenvalue weighted by atomic mass is 32.1. The van der Waals surface area contributed by atoms with Crippen LogP contribution in [0.25, 0.3) is 10.1 Å². The molecule has 0 aliphatic heterocycles. The Morgan fingerprint density at radius 2 is 2.18 bits per heavy atom. The maximum Gasteiger partial charge on any atom is 0.0778 e. The van der Waals surface area contributed by atoms with Gasteiger partial charge in [0.05, 0.1) is 16.6 Å². The van der Waals surface area contributed by atoms with Crippen LogP contribution in [0.1, 0.15) is 11.3 Å². The fourth-order valence-corrected chi connectivity index (χ4v) is 2.09. The lowest BCUT2D eigenvalue weighted by Crippen LogP contribution is -1.83. The number of hydrogen-bond donors (Lipinski definition) is 0. The second-order valence-corrected chi connectivity index (χ2v) is 3.47. The molecule has 2 heterocycles. The number of thiophene rings is 1. The largest absolute Gasteiger partial charge is 0.158 e. The average molecular weight is 164 g/mol. The lowest BCUT2D eigenvalue weighted by atomic mass is 10.2. The van der Waals surface area contributed by atoms with Gasteiger partial charge in [-0.3, -0.25) is 0 Å². The van der Waals surface area contributed by atoms with Crippen molar-refractivity contribution in [3.8, 4) is 0 Å². The molecule has 2 rings (SSSR count). The van der Waals surface area contributed by atoms with Crippen molar-refractivity contribution in [2.75, 3.05) is 0 Å². The summed E-state index contributed by atoms with van der Waals surface area (Å²) in [6, 6.07) is 0. The van der Waals surface area contributed by atoms with E-state index in [0.717, 1.165) is 5.69 Å². The normalized spacial score (nSPS) is 10.7. The first-order valence-electron chi connectivity index (χ1n) is 3.45. The van der Waals surface area contributed by atoms with Crippen molar-refractivity contribution in [1.29, 1.82) is 0 Å². The van der Waals surface area contributed by atoms with Crippen LogP contribution in [-0.4, -0.2) is 10.2 Å². The Morgan fingerprint density at radius 1 is 1.36 bits per heavy atom. The van der Waals surface area contributed by atoms with Crippen LogP contribution in [0.4, 0.5) is 0 Å². The summed E-state index contributed by atoms with van der Waals surface area (Å²) < 4.78 is 1.26. The van der Waals surface area contributed by atoms with Crippen molar-refractivity contribution in [2.24, 2.45) is 0 Å². The molecule has 0 saturated carbocycles. The smallest absolute Gasteiger partial charge is 0.0778 e. The van der Waals surface area contributed by atoms with E-state index in [0.29, 0.717) is 0 Å². The average Bonchev–Trinajstić information content (AvgIpc) is 2.35. The van der Waals surface area contributed by atoms with Crippen LogP contribution in [0, 0.1) is 13.8 Å². The summed E-state index contributed by atoms with van der Waals surface area (Å²) in [6.07, 6.45) is 1.83. The number of aromatic nitrogens is 2. The minimum absolute atomic E-state index is 1.03. The van der Waals surface area contributed by atoms with Crippen LogP contribution in [-0.2, 0) is 0 Å². The van der Waals surface area contributed by atoms with Gasteiger partial charge in [0.2, 0.25) is 0 Å². The summed E-state index contributed by atoms with van der Waals surface area (Å²) in [6.45, 7) is 4.09. The van der Waals surface area contributed by atoms with Crippen LogP contribution < -0.4 is 0 Å². The van der Waals surface area contributed by atoms with Gasteiger partial charge in [0, 0.05) is 5.39 Å². The summed E-state index contributed by atoms with van der Waals surface area (Å²) in [5.41, 5.74) is 2.32. The highest BCUT2D eigenvalue weighted by molar-refractivity contribution is 7.17. The van der Waals surface area contributed by atoms with Crippen molar-refractivity contribution in [3.63, 3.8) is 0 Å². The molecule has 56 valence electrons. The monoisotopic (exact) mass is 164 g/mol. The lowest BCUT2D eigenvalue weighted by molar-refractivity contribution is 1.00. The summed E-state index contributed by atoms with van der Waals surface area (Å²) >= 11 is 1.74. The number of fused-ring (bicyclic) bond motifs is 1. The third-order valence-electron chi connectivity index (χ3n) is 1.75. The van der Waals surface area contributed by atoms with Gasteiger partial charge in [0.25, 0.3) is 0 Å². The molecule has 0 N–H and O–H groups in total. The van der Waals surface area contributed by atoms with Crippen LogP contribution in [0.2, 0.25) is 0 Å². The first kappa shape index (κ1) is 6.73. The topological polar surface area (TPSA) is 25.8 Å². The van der Waals surface area contributed by atoms with Gasteiger partial charge in [0.1, 0.15) is 0 Å². The molecule has 2 aromatic rings. The van der Waals surface area contributed by atoms with Gasteiger partial charge >= 0.3 is 0 Å². The van der Waals surface area contributed by atoms with Gasteiger partial charge in [0.15, 0.2) is 0 Å². The third kappa shape index (κ3) is 0.922. The standard InChI is InChI=1S/C8H8N2S/c1-5-4-11-8-6(2)10-9-3-7(5)8/h3-4H,1-2H3. The fraction of sp³-hybridized carbons (Fsp3) is 0.250. The Hall–Kier alpha value is -0.960. The molecule has 0 fully saturated rings. The number of nitrogens with zero attached hydrogens (tertiary/aromatic N) is 2. The Kier molecular flexibility index (Phi) is 1.39. The van der Waals surface area contributed by atoms with E-state index in [9.17, 15) is 0 Å². The van der Waals surface area contributed by atoms with Crippen LogP contribution >= 0.6 is 11.3 Å². The maximum absolute atomic E-state index is 3.98. The van der Waals surface area contributed by atoms with E-state index in [1.807, 2.05) is 13.1 Å². The van der Waals surface area contributed by atoms with Gasteiger partial charge in [-0.05, 0) is 24.8 Å². The number of rotatable bonds is 0. The summed E-state index contributed by atoms with van der Waals surface area (Å²) in [5.74, 6) is 0. The molecule has 0 saturated heterocycles. The molecule has 11 heavy (non-hydrogen) atoms. The minimum atomic E-state index is 1.03. The zero-order chi connectivity index (χ0) is 7.84. The van der Waals surface area contributed by atoms with Crippen LogP contribution in [0.5, 0.6) is 0 Å². The van der Waals surface area contributed by atoms with E-state index in [1.54, 1.807) is 11.3 Å². The molecule has 0 aliphatic carbocycles. The molecule has 2 nitrogen and oxygen atoms in total. The van der Waals surface area contributed by atoms with Crippen LogP contribution in [0.15, 0.2) is 11.6 Å². The minimum Gasteiger partial charge on any atom is -0.158 e. The second-order valence-electron chi connectivity index (χ2n) is 2.59. The molecule has 2 aromatic heterocycles. The molecule has 0 atom stereocenters.